The Bertz CT molecular complexity index is 681. The average molecular weight is 388 g/mol. The van der Waals surface area contributed by atoms with E-state index in [0.717, 1.165) is 28.9 Å². The van der Waals surface area contributed by atoms with Crippen LogP contribution in [0.1, 0.15) is 19.3 Å². The number of rotatable bonds is 6. The molecule has 1 amide bonds. The molecule has 0 spiro atoms. The van der Waals surface area contributed by atoms with Crippen molar-refractivity contribution in [3.05, 3.63) is 53.0 Å². The Morgan fingerprint density at radius 3 is 2.46 bits per heavy atom. The van der Waals surface area contributed by atoms with E-state index < -0.39 is 0 Å². The minimum Gasteiger partial charge on any atom is -0.384 e. The monoisotopic (exact) mass is 387 g/mol. The van der Waals surface area contributed by atoms with Crippen LogP contribution in [0.2, 0.25) is 0 Å². The van der Waals surface area contributed by atoms with Gasteiger partial charge in [-0.25, -0.2) is 0 Å². The van der Waals surface area contributed by atoms with E-state index in [2.05, 4.69) is 43.6 Å². The highest BCUT2D eigenvalue weighted by molar-refractivity contribution is 9.10. The molecule has 0 bridgehead atoms. The zero-order chi connectivity index (χ0) is 16.8. The number of amides is 1. The maximum Gasteiger partial charge on any atom is 0.226 e. The van der Waals surface area contributed by atoms with Crippen molar-refractivity contribution in [1.29, 1.82) is 0 Å². The number of benzene rings is 2. The van der Waals surface area contributed by atoms with E-state index in [1.54, 1.807) is 0 Å². The van der Waals surface area contributed by atoms with E-state index >= 15 is 0 Å². The lowest BCUT2D eigenvalue weighted by Crippen LogP contribution is -2.18. The first kappa shape index (κ1) is 16.8. The number of hydrogen-bond donors (Lipinski definition) is 2. The largest absolute Gasteiger partial charge is 0.384 e. The van der Waals surface area contributed by atoms with Crippen molar-refractivity contribution in [2.75, 3.05) is 35.2 Å². The van der Waals surface area contributed by atoms with Gasteiger partial charge < -0.3 is 15.5 Å². The summed E-state index contributed by atoms with van der Waals surface area (Å²) in [6.45, 7) is 2.86. The molecule has 2 aromatic carbocycles. The Kier molecular flexibility index (Phi) is 5.75. The van der Waals surface area contributed by atoms with Crippen molar-refractivity contribution < 1.29 is 4.79 Å². The van der Waals surface area contributed by atoms with Gasteiger partial charge in [-0.3, -0.25) is 4.79 Å². The molecule has 126 valence electrons. The Morgan fingerprint density at radius 2 is 1.75 bits per heavy atom. The molecule has 1 aliphatic heterocycles. The Labute approximate surface area is 151 Å². The molecular formula is C19H22BrN3O. The molecule has 0 aromatic heterocycles. The van der Waals surface area contributed by atoms with E-state index in [0.29, 0.717) is 13.0 Å². The lowest BCUT2D eigenvalue weighted by Gasteiger charge is -2.17. The van der Waals surface area contributed by atoms with Crippen molar-refractivity contribution in [2.24, 2.45) is 0 Å². The van der Waals surface area contributed by atoms with Gasteiger partial charge in [-0.05, 0) is 65.2 Å². The van der Waals surface area contributed by atoms with Crippen molar-refractivity contribution in [3.8, 4) is 0 Å². The number of nitrogens with one attached hydrogen (secondary N) is 2. The van der Waals surface area contributed by atoms with Crippen molar-refractivity contribution in [1.82, 2.24) is 0 Å². The molecule has 1 saturated heterocycles. The highest BCUT2D eigenvalue weighted by atomic mass is 79.9. The van der Waals surface area contributed by atoms with Gasteiger partial charge >= 0.3 is 0 Å². The van der Waals surface area contributed by atoms with Gasteiger partial charge in [0.25, 0.3) is 0 Å². The van der Waals surface area contributed by atoms with E-state index in [1.807, 2.05) is 36.4 Å². The van der Waals surface area contributed by atoms with Gasteiger partial charge in [0.05, 0.1) is 0 Å². The van der Waals surface area contributed by atoms with Gasteiger partial charge in [0, 0.05) is 47.6 Å². The van der Waals surface area contributed by atoms with Crippen LogP contribution in [0.25, 0.3) is 0 Å². The van der Waals surface area contributed by atoms with Crippen LogP contribution >= 0.6 is 15.9 Å². The van der Waals surface area contributed by atoms with E-state index in [1.165, 1.54) is 18.5 Å². The maximum atomic E-state index is 12.1. The predicted molar refractivity (Wildman–Crippen MR) is 104 cm³/mol. The fourth-order valence-corrected chi connectivity index (χ4v) is 3.29. The summed E-state index contributed by atoms with van der Waals surface area (Å²) in [6, 6.07) is 16.0. The molecule has 0 atom stereocenters. The second-order valence-corrected chi connectivity index (χ2v) is 6.80. The minimum atomic E-state index is 0.0171. The van der Waals surface area contributed by atoms with Gasteiger partial charge in [-0.15, -0.1) is 0 Å². The maximum absolute atomic E-state index is 12.1. The van der Waals surface area contributed by atoms with Crippen LogP contribution in [0.4, 0.5) is 17.1 Å². The van der Waals surface area contributed by atoms with Crippen LogP contribution in [-0.2, 0) is 4.79 Å². The Morgan fingerprint density at radius 1 is 1.04 bits per heavy atom. The van der Waals surface area contributed by atoms with Crippen molar-refractivity contribution in [2.45, 2.75) is 19.3 Å². The Hall–Kier alpha value is -2.01. The summed E-state index contributed by atoms with van der Waals surface area (Å²) in [7, 11) is 0. The fraction of sp³-hybridized carbons (Fsp3) is 0.316. The number of anilines is 3. The van der Waals surface area contributed by atoms with Crippen LogP contribution in [0, 0.1) is 0 Å². The highest BCUT2D eigenvalue weighted by Crippen LogP contribution is 2.22. The quantitative estimate of drug-likeness (QED) is 0.767. The third-order valence-electron chi connectivity index (χ3n) is 4.16. The fourth-order valence-electron chi connectivity index (χ4n) is 2.87. The van der Waals surface area contributed by atoms with Crippen LogP contribution < -0.4 is 15.5 Å². The number of carbonyl (C=O) groups excluding carboxylic acids is 1. The molecular weight excluding hydrogens is 366 g/mol. The first-order chi connectivity index (χ1) is 11.7. The van der Waals surface area contributed by atoms with Crippen molar-refractivity contribution in [3.63, 3.8) is 0 Å². The summed E-state index contributed by atoms with van der Waals surface area (Å²) in [5.41, 5.74) is 3.09. The van der Waals surface area contributed by atoms with Gasteiger partial charge in [-0.1, -0.05) is 12.1 Å². The van der Waals surface area contributed by atoms with Crippen LogP contribution in [-0.4, -0.2) is 25.5 Å². The molecule has 0 aliphatic carbocycles. The predicted octanol–water partition coefficient (Wildman–Crippen LogP) is 4.49. The van der Waals surface area contributed by atoms with Gasteiger partial charge in [0.1, 0.15) is 0 Å². The molecule has 5 heteroatoms. The molecule has 0 radical (unpaired) electrons. The molecule has 0 saturated carbocycles. The third-order valence-corrected chi connectivity index (χ3v) is 4.86. The first-order valence-electron chi connectivity index (χ1n) is 8.35. The number of hydrogen-bond acceptors (Lipinski definition) is 3. The molecule has 1 fully saturated rings. The summed E-state index contributed by atoms with van der Waals surface area (Å²) < 4.78 is 1.00. The first-order valence-corrected chi connectivity index (χ1v) is 9.15. The third kappa shape index (κ3) is 4.51. The topological polar surface area (TPSA) is 44.4 Å². The van der Waals surface area contributed by atoms with Crippen molar-refractivity contribution >= 4 is 38.9 Å². The molecule has 1 aliphatic rings. The normalized spacial score (nSPS) is 13.8. The molecule has 4 nitrogen and oxygen atoms in total. The van der Waals surface area contributed by atoms with E-state index in [9.17, 15) is 4.79 Å². The number of nitrogens with zero attached hydrogens (tertiary/aromatic N) is 1. The summed E-state index contributed by atoms with van der Waals surface area (Å²) >= 11 is 3.48. The number of halogens is 1. The molecule has 0 unspecified atom stereocenters. The molecule has 3 rings (SSSR count). The molecule has 2 N–H and O–H groups in total. The summed E-state index contributed by atoms with van der Waals surface area (Å²) in [6.07, 6.45) is 2.96. The van der Waals surface area contributed by atoms with Gasteiger partial charge in [0.2, 0.25) is 5.91 Å². The lowest BCUT2D eigenvalue weighted by atomic mass is 10.2. The zero-order valence-electron chi connectivity index (χ0n) is 13.6. The highest BCUT2D eigenvalue weighted by Gasteiger charge is 2.12. The molecule has 24 heavy (non-hydrogen) atoms. The van der Waals surface area contributed by atoms with Crippen LogP contribution in [0.5, 0.6) is 0 Å². The number of para-hydroxylation sites is 1. The molecule has 2 aromatic rings. The summed E-state index contributed by atoms with van der Waals surface area (Å²) in [5, 5.41) is 6.21. The van der Waals surface area contributed by atoms with Crippen LogP contribution in [0.15, 0.2) is 53.0 Å². The summed E-state index contributed by atoms with van der Waals surface area (Å²) in [4.78, 5) is 14.4. The SMILES string of the molecule is O=C(CCNc1ccccc1Br)Nc1ccc(N2CCCC2)cc1. The second kappa shape index (κ2) is 8.20. The molecule has 1 heterocycles. The van der Waals surface area contributed by atoms with Crippen LogP contribution in [0.3, 0.4) is 0 Å². The summed E-state index contributed by atoms with van der Waals surface area (Å²) in [5.74, 6) is 0.0171. The smallest absolute Gasteiger partial charge is 0.226 e. The van der Waals surface area contributed by atoms with Gasteiger partial charge in [-0.2, -0.15) is 0 Å². The Balaban J connectivity index is 1.45. The standard InChI is InChI=1S/C19H22BrN3O/c20-17-5-1-2-6-18(17)21-12-11-19(24)22-15-7-9-16(10-8-15)23-13-3-4-14-23/h1-2,5-10,21H,3-4,11-14H2,(H,22,24). The zero-order valence-corrected chi connectivity index (χ0v) is 15.2. The lowest BCUT2D eigenvalue weighted by molar-refractivity contribution is -0.115. The van der Waals surface area contributed by atoms with E-state index in [4.69, 9.17) is 0 Å². The van der Waals surface area contributed by atoms with Gasteiger partial charge in [0.15, 0.2) is 0 Å². The number of carbonyl (C=O) groups is 1. The average Bonchev–Trinajstić information content (AvgIpc) is 3.12. The second-order valence-electron chi connectivity index (χ2n) is 5.95. The van der Waals surface area contributed by atoms with E-state index in [-0.39, 0.29) is 5.91 Å². The minimum absolute atomic E-state index is 0.0171.